The number of benzene rings is 1. The van der Waals surface area contributed by atoms with Crippen LogP contribution in [0.2, 0.25) is 25.7 Å². The van der Waals surface area contributed by atoms with Crippen LogP contribution >= 0.6 is 15.9 Å². The van der Waals surface area contributed by atoms with Crippen LogP contribution in [0.15, 0.2) is 29.0 Å². The first kappa shape index (κ1) is 24.2. The number of nitriles is 1. The molecule has 0 spiro atoms. The summed E-state index contributed by atoms with van der Waals surface area (Å²) in [5.74, 6) is 0.0768. The van der Waals surface area contributed by atoms with Crippen LogP contribution in [0.1, 0.15) is 11.1 Å². The predicted molar refractivity (Wildman–Crippen MR) is 124 cm³/mol. The first-order chi connectivity index (χ1) is 15.0. The van der Waals surface area contributed by atoms with Crippen molar-refractivity contribution in [1.82, 2.24) is 14.5 Å². The quantitative estimate of drug-likeness (QED) is 0.297. The van der Waals surface area contributed by atoms with Crippen molar-refractivity contribution in [2.24, 2.45) is 0 Å². The van der Waals surface area contributed by atoms with Crippen molar-refractivity contribution in [3.63, 3.8) is 0 Å². The van der Waals surface area contributed by atoms with Gasteiger partial charge in [-0.1, -0.05) is 25.7 Å². The van der Waals surface area contributed by atoms with Crippen molar-refractivity contribution >= 4 is 40.9 Å². The fourth-order valence-corrected chi connectivity index (χ4v) is 4.60. The molecule has 3 rings (SSSR count). The van der Waals surface area contributed by atoms with Crippen molar-refractivity contribution in [1.29, 1.82) is 5.26 Å². The molecule has 2 aromatic heterocycles. The predicted octanol–water partition coefficient (Wildman–Crippen LogP) is 6.11. The zero-order chi connectivity index (χ0) is 23.7. The Bertz CT molecular complexity index is 1180. The zero-order valence-corrected chi connectivity index (χ0v) is 20.7. The molecule has 1 aromatic carbocycles. The minimum absolute atomic E-state index is 0.0768. The smallest absolute Gasteiger partial charge is 0.361 e. The summed E-state index contributed by atoms with van der Waals surface area (Å²) in [7, 11) is 0.243. The number of alkyl halides is 3. The Kier molecular flexibility index (Phi) is 6.97. The molecule has 0 aliphatic carbocycles. The second kappa shape index (κ2) is 9.21. The van der Waals surface area contributed by atoms with Crippen molar-refractivity contribution < 1.29 is 17.9 Å². The molecule has 0 unspecified atom stereocenters. The van der Waals surface area contributed by atoms with Crippen LogP contribution in [0.4, 0.5) is 19.1 Å². The number of rotatable bonds is 7. The highest BCUT2D eigenvalue weighted by molar-refractivity contribution is 9.10. The molecule has 11 heteroatoms. The third-order valence-electron chi connectivity index (χ3n) is 4.90. The minimum Gasteiger partial charge on any atom is -0.361 e. The van der Waals surface area contributed by atoms with Gasteiger partial charge >= 0.3 is 6.18 Å². The van der Waals surface area contributed by atoms with E-state index in [1.165, 1.54) is 7.05 Å². The Balaban J connectivity index is 2.17. The lowest BCUT2D eigenvalue weighted by molar-refractivity contribution is -0.137. The minimum atomic E-state index is -4.63. The highest BCUT2D eigenvalue weighted by atomic mass is 79.9. The third-order valence-corrected chi connectivity index (χ3v) is 7.41. The molecule has 3 aromatic rings. The van der Waals surface area contributed by atoms with Gasteiger partial charge < -0.3 is 14.6 Å². The molecule has 0 fully saturated rings. The number of anilines is 1. The lowest BCUT2D eigenvalue weighted by atomic mass is 10.0. The number of aromatic nitrogens is 3. The van der Waals surface area contributed by atoms with Gasteiger partial charge in [-0.15, -0.1) is 0 Å². The summed E-state index contributed by atoms with van der Waals surface area (Å²) in [5, 5.41) is 12.6. The lowest BCUT2D eigenvalue weighted by Gasteiger charge is -2.16. The summed E-state index contributed by atoms with van der Waals surface area (Å²) in [6.45, 7) is 7.40. The molecule has 6 nitrogen and oxygen atoms in total. The standard InChI is InChI=1S/C21H23BrF3N5OSi/c1-27-20-28-10-16(21(23,24)25)18(29-20)15-11-30(12-31-7-8-32(2,3)4)19-14(15)6-5-13(9-26)17(19)22/h5-6,10-11H,7-8,12H2,1-4H3,(H,27,28,29). The number of hydrogen-bond acceptors (Lipinski definition) is 5. The Morgan fingerprint density at radius 1 is 1.28 bits per heavy atom. The zero-order valence-electron chi connectivity index (χ0n) is 18.1. The number of ether oxygens (including phenoxy) is 1. The van der Waals surface area contributed by atoms with Gasteiger partial charge in [-0.25, -0.2) is 9.97 Å². The van der Waals surface area contributed by atoms with E-state index in [4.69, 9.17) is 4.74 Å². The van der Waals surface area contributed by atoms with E-state index in [2.05, 4.69) is 56.9 Å². The Morgan fingerprint density at radius 3 is 2.59 bits per heavy atom. The Morgan fingerprint density at radius 2 is 2.00 bits per heavy atom. The highest BCUT2D eigenvalue weighted by Gasteiger charge is 2.36. The molecular formula is C21H23BrF3N5OSi. The first-order valence-corrected chi connectivity index (χ1v) is 14.4. The van der Waals surface area contributed by atoms with Crippen molar-refractivity contribution in [2.75, 3.05) is 19.0 Å². The monoisotopic (exact) mass is 525 g/mol. The summed E-state index contributed by atoms with van der Waals surface area (Å²) in [6.07, 6.45) is -2.27. The molecule has 170 valence electrons. The fraction of sp³-hybridized carbons (Fsp3) is 0.381. The maximum atomic E-state index is 13.8. The van der Waals surface area contributed by atoms with Crippen LogP contribution in [0.5, 0.6) is 0 Å². The number of nitrogens with one attached hydrogen (secondary N) is 1. The summed E-state index contributed by atoms with van der Waals surface area (Å²) in [4.78, 5) is 7.86. The topological polar surface area (TPSA) is 75.8 Å². The van der Waals surface area contributed by atoms with Gasteiger partial charge in [-0.05, 0) is 28.0 Å². The van der Waals surface area contributed by atoms with Crippen molar-refractivity contribution in [3.05, 3.63) is 40.1 Å². The molecule has 32 heavy (non-hydrogen) atoms. The number of hydrogen-bond donors (Lipinski definition) is 1. The SMILES string of the molecule is CNc1ncc(C(F)(F)F)c(-c2cn(COCC[Si](C)(C)C)c3c(Br)c(C#N)ccc23)n1. The largest absolute Gasteiger partial charge is 0.419 e. The average molecular weight is 526 g/mol. The van der Waals surface area contributed by atoms with E-state index in [0.29, 0.717) is 27.5 Å². The van der Waals surface area contributed by atoms with E-state index in [1.807, 2.05) is 0 Å². The Hall–Kier alpha value is -2.42. The summed E-state index contributed by atoms with van der Waals surface area (Å²) in [5.41, 5.74) is 0.0603. The summed E-state index contributed by atoms with van der Waals surface area (Å²) in [6, 6.07) is 6.25. The normalized spacial score (nSPS) is 12.2. The fourth-order valence-electron chi connectivity index (χ4n) is 3.19. The molecule has 0 radical (unpaired) electrons. The van der Waals surface area contributed by atoms with Gasteiger partial charge in [-0.3, -0.25) is 0 Å². The third kappa shape index (κ3) is 5.14. The second-order valence-electron chi connectivity index (χ2n) is 8.50. The maximum Gasteiger partial charge on any atom is 0.419 e. The van der Waals surface area contributed by atoms with Crippen molar-refractivity contribution in [2.45, 2.75) is 38.6 Å². The van der Waals surface area contributed by atoms with Gasteiger partial charge in [0.15, 0.2) is 0 Å². The summed E-state index contributed by atoms with van der Waals surface area (Å²) >= 11 is 3.45. The van der Waals surface area contributed by atoms with Gasteiger partial charge in [0.05, 0.1) is 21.2 Å². The van der Waals surface area contributed by atoms with E-state index in [-0.39, 0.29) is 23.9 Å². The van der Waals surface area contributed by atoms with Crippen LogP contribution in [0.3, 0.4) is 0 Å². The average Bonchev–Trinajstić information content (AvgIpc) is 3.09. The van der Waals surface area contributed by atoms with E-state index in [0.717, 1.165) is 12.2 Å². The molecule has 0 amide bonds. The van der Waals surface area contributed by atoms with E-state index in [9.17, 15) is 18.4 Å². The molecule has 0 bridgehead atoms. The van der Waals surface area contributed by atoms with Gasteiger partial charge in [0.1, 0.15) is 18.4 Å². The second-order valence-corrected chi connectivity index (χ2v) is 14.9. The van der Waals surface area contributed by atoms with Crippen LogP contribution in [0, 0.1) is 11.3 Å². The van der Waals surface area contributed by atoms with E-state index in [1.54, 1.807) is 22.9 Å². The molecule has 1 N–H and O–H groups in total. The van der Waals surface area contributed by atoms with Gasteiger partial charge in [0, 0.05) is 45.1 Å². The molecule has 2 heterocycles. The lowest BCUT2D eigenvalue weighted by Crippen LogP contribution is -2.22. The molecule has 0 atom stereocenters. The van der Waals surface area contributed by atoms with Gasteiger partial charge in [0.2, 0.25) is 5.95 Å². The molecule has 0 saturated heterocycles. The number of halogens is 4. The number of fused-ring (bicyclic) bond motifs is 1. The van der Waals surface area contributed by atoms with Gasteiger partial charge in [-0.2, -0.15) is 18.4 Å². The van der Waals surface area contributed by atoms with E-state index >= 15 is 0 Å². The maximum absolute atomic E-state index is 13.8. The molecular weight excluding hydrogens is 503 g/mol. The summed E-state index contributed by atoms with van der Waals surface area (Å²) < 4.78 is 49.3. The first-order valence-electron chi connectivity index (χ1n) is 9.88. The highest BCUT2D eigenvalue weighted by Crippen LogP contribution is 2.41. The molecule has 0 saturated carbocycles. The Labute approximate surface area is 193 Å². The molecule has 0 aliphatic rings. The van der Waals surface area contributed by atoms with Crippen LogP contribution in [0.25, 0.3) is 22.2 Å². The van der Waals surface area contributed by atoms with Crippen LogP contribution in [-0.2, 0) is 17.6 Å². The van der Waals surface area contributed by atoms with Crippen LogP contribution in [-0.4, -0.2) is 36.3 Å². The van der Waals surface area contributed by atoms with Gasteiger partial charge in [0.25, 0.3) is 0 Å². The number of nitrogens with zero attached hydrogens (tertiary/aromatic N) is 4. The molecule has 0 aliphatic heterocycles. The van der Waals surface area contributed by atoms with Crippen molar-refractivity contribution in [3.8, 4) is 17.3 Å². The van der Waals surface area contributed by atoms with E-state index < -0.39 is 19.8 Å². The van der Waals surface area contributed by atoms with Crippen LogP contribution < -0.4 is 5.32 Å².